The van der Waals surface area contributed by atoms with E-state index in [0.717, 1.165) is 13.3 Å². The zero-order valence-electron chi connectivity index (χ0n) is 9.99. The minimum Gasteiger partial charge on any atom is -0.394 e. The summed E-state index contributed by atoms with van der Waals surface area (Å²) in [5, 5.41) is 9.02. The maximum atomic E-state index is 14.1. The molecule has 1 fully saturated rings. The van der Waals surface area contributed by atoms with Gasteiger partial charge in [0.25, 0.3) is 0 Å². The number of alkyl halides is 2. The number of hydrogen-bond acceptors (Lipinski definition) is 6. The summed E-state index contributed by atoms with van der Waals surface area (Å²) in [4.78, 5) is 14.9. The minimum atomic E-state index is -3.48. The molecule has 9 heteroatoms. The van der Waals surface area contributed by atoms with E-state index in [2.05, 4.69) is 9.72 Å². The maximum Gasteiger partial charge on any atom is 0.351 e. The van der Waals surface area contributed by atoms with E-state index in [9.17, 15) is 13.6 Å². The highest BCUT2D eigenvalue weighted by Crippen LogP contribution is 2.43. The first-order valence-electron chi connectivity index (χ1n) is 5.43. The van der Waals surface area contributed by atoms with Crippen LogP contribution >= 0.6 is 0 Å². The average Bonchev–Trinajstić information content (AvgIpc) is 2.60. The monoisotopic (exact) mass is 277 g/mol. The fourth-order valence-corrected chi connectivity index (χ4v) is 2.02. The van der Waals surface area contributed by atoms with E-state index in [1.807, 2.05) is 0 Å². The van der Waals surface area contributed by atoms with Gasteiger partial charge in [0.2, 0.25) is 6.23 Å². The molecule has 2 unspecified atom stereocenters. The lowest BCUT2D eigenvalue weighted by Crippen LogP contribution is -2.43. The Morgan fingerprint density at radius 3 is 2.84 bits per heavy atom. The number of aliphatic hydroxyl groups is 1. The highest BCUT2D eigenvalue weighted by atomic mass is 19.3. The van der Waals surface area contributed by atoms with Crippen molar-refractivity contribution in [2.75, 3.05) is 19.5 Å². The van der Waals surface area contributed by atoms with Crippen LogP contribution in [0, 0.1) is 0 Å². The van der Waals surface area contributed by atoms with Crippen molar-refractivity contribution in [1.82, 2.24) is 9.55 Å². The van der Waals surface area contributed by atoms with Gasteiger partial charge in [0.15, 0.2) is 6.10 Å². The number of nitrogens with two attached hydrogens (primary N) is 1. The Morgan fingerprint density at radius 1 is 1.68 bits per heavy atom. The van der Waals surface area contributed by atoms with Crippen LogP contribution in [0.25, 0.3) is 0 Å². The van der Waals surface area contributed by atoms with E-state index in [4.69, 9.17) is 15.6 Å². The molecule has 106 valence electrons. The van der Waals surface area contributed by atoms with Gasteiger partial charge in [-0.3, -0.25) is 4.57 Å². The van der Waals surface area contributed by atoms with Gasteiger partial charge in [-0.2, -0.15) is 13.8 Å². The van der Waals surface area contributed by atoms with E-state index >= 15 is 0 Å². The van der Waals surface area contributed by atoms with Gasteiger partial charge in [-0.15, -0.1) is 0 Å². The van der Waals surface area contributed by atoms with Crippen molar-refractivity contribution in [3.05, 3.63) is 22.7 Å². The van der Waals surface area contributed by atoms with Crippen LogP contribution < -0.4 is 11.4 Å². The van der Waals surface area contributed by atoms with E-state index in [0.29, 0.717) is 4.57 Å². The zero-order valence-corrected chi connectivity index (χ0v) is 9.99. The molecule has 1 aromatic heterocycles. The van der Waals surface area contributed by atoms with E-state index in [-0.39, 0.29) is 5.82 Å². The van der Waals surface area contributed by atoms with Gasteiger partial charge in [-0.05, 0) is 6.07 Å². The second-order valence-electron chi connectivity index (χ2n) is 4.08. The van der Waals surface area contributed by atoms with Gasteiger partial charge >= 0.3 is 11.6 Å². The Labute approximate surface area is 106 Å². The molecule has 3 N–H and O–H groups in total. The molecule has 3 atom stereocenters. The van der Waals surface area contributed by atoms with Gasteiger partial charge in [-0.1, -0.05) is 0 Å². The van der Waals surface area contributed by atoms with E-state index < -0.39 is 36.7 Å². The predicted octanol–water partition coefficient (Wildman–Crippen LogP) is -0.635. The van der Waals surface area contributed by atoms with Crippen LogP contribution in [-0.4, -0.2) is 46.5 Å². The van der Waals surface area contributed by atoms with Gasteiger partial charge < -0.3 is 20.3 Å². The summed E-state index contributed by atoms with van der Waals surface area (Å²) in [6.45, 7) is -0.651. The fourth-order valence-electron chi connectivity index (χ4n) is 2.02. The Balaban J connectivity index is 2.42. The molecule has 2 rings (SSSR count). The molecular weight excluding hydrogens is 264 g/mol. The second-order valence-corrected chi connectivity index (χ2v) is 4.08. The molecule has 1 aliphatic heterocycles. The summed E-state index contributed by atoms with van der Waals surface area (Å²) >= 11 is 0. The number of ether oxygens (including phenoxy) is 2. The largest absolute Gasteiger partial charge is 0.394 e. The lowest BCUT2D eigenvalue weighted by atomic mass is 10.1. The summed E-state index contributed by atoms with van der Waals surface area (Å²) in [6, 6.07) is 1.20. The van der Waals surface area contributed by atoms with Gasteiger partial charge in [0.1, 0.15) is 11.9 Å². The molecule has 0 aliphatic carbocycles. The number of hydrogen-bond donors (Lipinski definition) is 2. The van der Waals surface area contributed by atoms with Crippen LogP contribution in [-0.2, 0) is 9.47 Å². The van der Waals surface area contributed by atoms with Gasteiger partial charge in [0.05, 0.1) is 6.61 Å². The zero-order chi connectivity index (χ0) is 14.2. The molecule has 0 aromatic carbocycles. The lowest BCUT2D eigenvalue weighted by Gasteiger charge is -2.22. The Bertz CT molecular complexity index is 522. The molecule has 7 nitrogen and oxygen atoms in total. The number of aliphatic hydroxyl groups excluding tert-OH is 1. The summed E-state index contributed by atoms with van der Waals surface area (Å²) < 4.78 is 38.5. The number of nitrogen functional groups attached to an aromatic ring is 1. The highest BCUT2D eigenvalue weighted by molar-refractivity contribution is 5.23. The predicted molar refractivity (Wildman–Crippen MR) is 59.6 cm³/mol. The molecule has 0 spiro atoms. The van der Waals surface area contributed by atoms with E-state index in [1.165, 1.54) is 6.07 Å². The van der Waals surface area contributed by atoms with Crippen molar-refractivity contribution < 1.29 is 23.4 Å². The second kappa shape index (κ2) is 4.83. The van der Waals surface area contributed by atoms with Crippen molar-refractivity contribution in [2.24, 2.45) is 0 Å². The number of anilines is 1. The van der Waals surface area contributed by atoms with Crippen LogP contribution in [0.4, 0.5) is 14.6 Å². The third-order valence-corrected chi connectivity index (χ3v) is 2.89. The van der Waals surface area contributed by atoms with Crippen molar-refractivity contribution in [3.8, 4) is 0 Å². The molecule has 0 amide bonds. The SMILES string of the molecule is COC1C(CO)O[C@@H](n2ccc(N)nc2=O)C1(F)F. The summed E-state index contributed by atoms with van der Waals surface area (Å²) in [5.41, 5.74) is 4.32. The molecule has 0 radical (unpaired) electrons. The van der Waals surface area contributed by atoms with Crippen LogP contribution in [0.5, 0.6) is 0 Å². The molecular formula is C10H13F2N3O4. The third-order valence-electron chi connectivity index (χ3n) is 2.89. The van der Waals surface area contributed by atoms with Crippen molar-refractivity contribution >= 4 is 5.82 Å². The molecule has 0 bridgehead atoms. The first kappa shape index (κ1) is 13.8. The minimum absolute atomic E-state index is 0.0791. The number of methoxy groups -OCH3 is 1. The fraction of sp³-hybridized carbons (Fsp3) is 0.600. The molecule has 0 saturated carbocycles. The van der Waals surface area contributed by atoms with Crippen LogP contribution in [0.3, 0.4) is 0 Å². The smallest absolute Gasteiger partial charge is 0.351 e. The topological polar surface area (TPSA) is 99.6 Å². The Morgan fingerprint density at radius 2 is 2.37 bits per heavy atom. The maximum absolute atomic E-state index is 14.1. The summed E-state index contributed by atoms with van der Waals surface area (Å²) in [6.07, 6.45) is -3.70. The van der Waals surface area contributed by atoms with Crippen LogP contribution in [0.2, 0.25) is 0 Å². The normalized spacial score (nSPS) is 29.6. The molecule has 2 heterocycles. The standard InChI is InChI=1S/C10H13F2N3O4/c1-18-7-5(4-16)19-8(10(7,11)12)15-3-2-6(13)14-9(15)17/h2-3,5,7-8,16H,4H2,1H3,(H2,13,14,17)/t5?,7?,8-/m1/s1. The Hall–Kier alpha value is -1.58. The first-order valence-corrected chi connectivity index (χ1v) is 5.43. The molecule has 1 saturated heterocycles. The van der Waals surface area contributed by atoms with Crippen molar-refractivity contribution in [1.29, 1.82) is 0 Å². The van der Waals surface area contributed by atoms with Gasteiger partial charge in [0, 0.05) is 13.3 Å². The summed E-state index contributed by atoms with van der Waals surface area (Å²) in [7, 11) is 1.08. The molecule has 1 aromatic rings. The number of halogens is 2. The van der Waals surface area contributed by atoms with Crippen molar-refractivity contribution in [3.63, 3.8) is 0 Å². The molecule has 1 aliphatic rings. The Kier molecular flexibility index (Phi) is 3.52. The number of rotatable bonds is 3. The quantitative estimate of drug-likeness (QED) is 0.762. The van der Waals surface area contributed by atoms with Gasteiger partial charge in [-0.25, -0.2) is 4.79 Å². The van der Waals surface area contributed by atoms with E-state index in [1.54, 1.807) is 0 Å². The van der Waals surface area contributed by atoms with Crippen LogP contribution in [0.1, 0.15) is 6.23 Å². The first-order chi connectivity index (χ1) is 8.91. The van der Waals surface area contributed by atoms with Crippen LogP contribution in [0.15, 0.2) is 17.1 Å². The highest BCUT2D eigenvalue weighted by Gasteiger charge is 2.60. The third kappa shape index (κ3) is 2.20. The number of nitrogens with zero attached hydrogens (tertiary/aromatic N) is 2. The van der Waals surface area contributed by atoms with Crippen molar-refractivity contribution in [2.45, 2.75) is 24.4 Å². The average molecular weight is 277 g/mol. The lowest BCUT2D eigenvalue weighted by molar-refractivity contribution is -0.147. The summed E-state index contributed by atoms with van der Waals surface area (Å²) in [5.74, 6) is -3.56. The number of aromatic nitrogens is 2. The molecule has 19 heavy (non-hydrogen) atoms.